The molecule has 0 unspecified atom stereocenters. The largest absolute Gasteiger partial charge is 0.596 e. The van der Waals surface area contributed by atoms with Crippen molar-refractivity contribution in [1.29, 1.82) is 0 Å². The fourth-order valence-corrected chi connectivity index (χ4v) is 2.12. The summed E-state index contributed by atoms with van der Waals surface area (Å²) in [7, 11) is 0. The molecular formula is C13H21N5O. The molecule has 2 aromatic rings. The third kappa shape index (κ3) is 3.07. The Kier molecular flexibility index (Phi) is 4.43. The Labute approximate surface area is 113 Å². The van der Waals surface area contributed by atoms with Crippen LogP contribution in [0.2, 0.25) is 0 Å². The second-order valence-corrected chi connectivity index (χ2v) is 4.44. The van der Waals surface area contributed by atoms with Crippen molar-refractivity contribution in [3.63, 3.8) is 0 Å². The van der Waals surface area contributed by atoms with E-state index in [9.17, 15) is 5.21 Å². The van der Waals surface area contributed by atoms with Gasteiger partial charge in [-0.25, -0.2) is 4.98 Å². The Morgan fingerprint density at radius 3 is 2.89 bits per heavy atom. The van der Waals surface area contributed by atoms with Gasteiger partial charge in [-0.2, -0.15) is 0 Å². The van der Waals surface area contributed by atoms with Gasteiger partial charge >= 0.3 is 0 Å². The highest BCUT2D eigenvalue weighted by Crippen LogP contribution is 2.09. The lowest BCUT2D eigenvalue weighted by atomic mass is 10.3. The Bertz CT molecular complexity index is 503. The van der Waals surface area contributed by atoms with Gasteiger partial charge in [-0.1, -0.05) is 11.8 Å². The molecule has 0 aliphatic rings. The van der Waals surface area contributed by atoms with Gasteiger partial charge in [0.25, 0.3) is 0 Å². The van der Waals surface area contributed by atoms with Gasteiger partial charge in [0.05, 0.1) is 18.9 Å². The lowest BCUT2D eigenvalue weighted by Gasteiger charge is -2.08. The van der Waals surface area contributed by atoms with Crippen molar-refractivity contribution in [2.45, 2.75) is 39.8 Å². The number of nitrogens with one attached hydrogen (secondary N) is 1. The SMILES string of the molecule is CCc1cc(NCCCn2ccnc2)n(CC)[n+]1[O-]. The van der Waals surface area contributed by atoms with Crippen LogP contribution < -0.4 is 10.2 Å². The molecule has 19 heavy (non-hydrogen) atoms. The average Bonchev–Trinajstić information content (AvgIpc) is 3.02. The number of aromatic nitrogens is 4. The van der Waals surface area contributed by atoms with Crippen molar-refractivity contribution in [1.82, 2.24) is 14.2 Å². The van der Waals surface area contributed by atoms with Crippen LogP contribution in [0.1, 0.15) is 26.0 Å². The second-order valence-electron chi connectivity index (χ2n) is 4.44. The van der Waals surface area contributed by atoms with Crippen LogP contribution in [0, 0.1) is 5.21 Å². The van der Waals surface area contributed by atoms with Gasteiger partial charge in [0, 0.05) is 31.9 Å². The zero-order valence-electron chi connectivity index (χ0n) is 11.5. The predicted octanol–water partition coefficient (Wildman–Crippen LogP) is 1.40. The molecule has 0 aromatic carbocycles. The third-order valence-corrected chi connectivity index (χ3v) is 3.17. The van der Waals surface area contributed by atoms with Crippen molar-refractivity contribution < 1.29 is 4.85 Å². The van der Waals surface area contributed by atoms with Gasteiger partial charge < -0.3 is 15.1 Å². The van der Waals surface area contributed by atoms with Crippen LogP contribution in [-0.4, -0.2) is 20.8 Å². The summed E-state index contributed by atoms with van der Waals surface area (Å²) in [5.41, 5.74) is 0.805. The summed E-state index contributed by atoms with van der Waals surface area (Å²) in [6.45, 7) is 6.41. The number of aryl methyl sites for hydroxylation is 2. The molecule has 0 spiro atoms. The molecule has 0 saturated carbocycles. The number of anilines is 1. The average molecular weight is 263 g/mol. The van der Waals surface area contributed by atoms with E-state index in [0.717, 1.165) is 42.3 Å². The molecule has 0 fully saturated rings. The van der Waals surface area contributed by atoms with Gasteiger partial charge in [0.2, 0.25) is 5.69 Å². The number of hydrogen-bond acceptors (Lipinski definition) is 3. The molecule has 6 heteroatoms. The molecule has 0 radical (unpaired) electrons. The van der Waals surface area contributed by atoms with Gasteiger partial charge in [-0.15, -0.1) is 4.68 Å². The Hall–Kier alpha value is -1.98. The minimum Gasteiger partial charge on any atom is -0.596 e. The number of rotatable bonds is 7. The van der Waals surface area contributed by atoms with Crippen LogP contribution in [0.4, 0.5) is 5.82 Å². The molecule has 0 saturated heterocycles. The zero-order valence-corrected chi connectivity index (χ0v) is 11.5. The van der Waals surface area contributed by atoms with Gasteiger partial charge in [0.1, 0.15) is 0 Å². The van der Waals surface area contributed by atoms with E-state index >= 15 is 0 Å². The molecule has 0 aliphatic heterocycles. The van der Waals surface area contributed by atoms with E-state index in [1.165, 1.54) is 0 Å². The fraction of sp³-hybridized carbons (Fsp3) is 0.538. The first-order chi connectivity index (χ1) is 9.26. The first-order valence-corrected chi connectivity index (χ1v) is 6.78. The van der Waals surface area contributed by atoms with E-state index in [-0.39, 0.29) is 0 Å². The van der Waals surface area contributed by atoms with E-state index in [1.807, 2.05) is 37.0 Å². The monoisotopic (exact) mass is 263 g/mol. The van der Waals surface area contributed by atoms with E-state index in [1.54, 1.807) is 10.9 Å². The number of nitrogens with zero attached hydrogens (tertiary/aromatic N) is 4. The molecule has 2 aromatic heterocycles. The molecule has 0 amide bonds. The molecule has 2 rings (SSSR count). The highest BCUT2D eigenvalue weighted by Gasteiger charge is 2.15. The molecule has 2 heterocycles. The van der Waals surface area contributed by atoms with Crippen LogP contribution in [0.15, 0.2) is 24.8 Å². The molecular weight excluding hydrogens is 242 g/mol. The Morgan fingerprint density at radius 1 is 1.42 bits per heavy atom. The number of hydrogen-bond donors (Lipinski definition) is 1. The highest BCUT2D eigenvalue weighted by atomic mass is 16.5. The molecule has 0 atom stereocenters. The van der Waals surface area contributed by atoms with E-state index in [4.69, 9.17) is 0 Å². The van der Waals surface area contributed by atoms with Crippen LogP contribution in [0.3, 0.4) is 0 Å². The first kappa shape index (κ1) is 13.5. The maximum Gasteiger partial charge on any atom is 0.223 e. The summed E-state index contributed by atoms with van der Waals surface area (Å²) in [5.74, 6) is 0.903. The van der Waals surface area contributed by atoms with Crippen LogP contribution in [0.5, 0.6) is 0 Å². The summed E-state index contributed by atoms with van der Waals surface area (Å²) in [6, 6.07) is 1.94. The zero-order chi connectivity index (χ0) is 13.7. The lowest BCUT2D eigenvalue weighted by Crippen LogP contribution is -2.40. The lowest BCUT2D eigenvalue weighted by molar-refractivity contribution is -0.699. The second kappa shape index (κ2) is 6.26. The minimum absolute atomic E-state index is 0.674. The van der Waals surface area contributed by atoms with Crippen molar-refractivity contribution in [3.05, 3.63) is 35.7 Å². The van der Waals surface area contributed by atoms with E-state index in [2.05, 4.69) is 10.3 Å². The van der Waals surface area contributed by atoms with E-state index < -0.39 is 0 Å². The predicted molar refractivity (Wildman–Crippen MR) is 73.8 cm³/mol. The first-order valence-electron chi connectivity index (χ1n) is 6.78. The van der Waals surface area contributed by atoms with Crippen LogP contribution >= 0.6 is 0 Å². The van der Waals surface area contributed by atoms with Crippen molar-refractivity contribution in [3.8, 4) is 0 Å². The summed E-state index contributed by atoms with van der Waals surface area (Å²) in [4.78, 5) is 4.99. The molecule has 0 aliphatic carbocycles. The van der Waals surface area contributed by atoms with Crippen molar-refractivity contribution in [2.75, 3.05) is 11.9 Å². The standard InChI is InChI=1S/C13H21N5O/c1-3-12-10-13(17(4-2)18(12)19)15-6-5-8-16-9-7-14-11-16/h7,9-11,15H,3-6,8H2,1-2H3. The van der Waals surface area contributed by atoms with Gasteiger partial charge in [-0.3, -0.25) is 0 Å². The summed E-state index contributed by atoms with van der Waals surface area (Å²) in [5, 5.41) is 15.2. The van der Waals surface area contributed by atoms with E-state index in [0.29, 0.717) is 6.54 Å². The fourth-order valence-electron chi connectivity index (χ4n) is 2.12. The topological polar surface area (TPSA) is 61.7 Å². The van der Waals surface area contributed by atoms with Crippen LogP contribution in [0.25, 0.3) is 0 Å². The molecule has 104 valence electrons. The van der Waals surface area contributed by atoms with Gasteiger partial charge in [0.15, 0.2) is 5.82 Å². The molecule has 0 bridgehead atoms. The summed E-state index contributed by atoms with van der Waals surface area (Å²) < 4.78 is 3.77. The quantitative estimate of drug-likeness (QED) is 0.466. The molecule has 1 N–H and O–H groups in total. The maximum atomic E-state index is 11.9. The summed E-state index contributed by atoms with van der Waals surface area (Å²) in [6.07, 6.45) is 7.29. The normalized spacial score (nSPS) is 10.8. The highest BCUT2D eigenvalue weighted by molar-refractivity contribution is 5.34. The van der Waals surface area contributed by atoms with Crippen molar-refractivity contribution >= 4 is 5.82 Å². The minimum atomic E-state index is 0.674. The maximum absolute atomic E-state index is 11.9. The smallest absolute Gasteiger partial charge is 0.223 e. The van der Waals surface area contributed by atoms with Gasteiger partial charge in [-0.05, 0) is 13.3 Å². The third-order valence-electron chi connectivity index (χ3n) is 3.17. The Balaban J connectivity index is 1.88. The Morgan fingerprint density at radius 2 is 2.26 bits per heavy atom. The number of imidazole rings is 1. The summed E-state index contributed by atoms with van der Waals surface area (Å²) >= 11 is 0. The molecule has 6 nitrogen and oxygen atoms in total. The van der Waals surface area contributed by atoms with Crippen molar-refractivity contribution in [2.24, 2.45) is 0 Å². The van der Waals surface area contributed by atoms with Crippen LogP contribution in [-0.2, 0) is 19.5 Å².